The summed E-state index contributed by atoms with van der Waals surface area (Å²) >= 11 is 0. The third-order valence-corrected chi connectivity index (χ3v) is 3.78. The molecule has 0 unspecified atom stereocenters. The van der Waals surface area contributed by atoms with E-state index in [0.29, 0.717) is 0 Å². The fourth-order valence-corrected chi connectivity index (χ4v) is 2.75. The molecule has 0 fully saturated rings. The van der Waals surface area contributed by atoms with Gasteiger partial charge in [0.05, 0.1) is 23.1 Å². The van der Waals surface area contributed by atoms with Crippen LogP contribution in [-0.2, 0) is 0 Å². The van der Waals surface area contributed by atoms with Gasteiger partial charge < -0.3 is 0 Å². The van der Waals surface area contributed by atoms with Crippen LogP contribution in [0.25, 0.3) is 27.8 Å². The minimum Gasteiger partial charge on any atom is -0.254 e. The molecular weight excluding hydrogens is 270 g/mol. The van der Waals surface area contributed by atoms with Crippen LogP contribution in [0.15, 0.2) is 73.1 Å². The standard InChI is InChI=1S/C19H15N3/c1-14-6-4-8-15(12-14)19-18(10-5-11-20-19)22-17-9-3-2-7-16(17)13-21-22/h2-13H,1H3. The van der Waals surface area contributed by atoms with Crippen LogP contribution in [0.3, 0.4) is 0 Å². The van der Waals surface area contributed by atoms with Crippen LogP contribution in [0.1, 0.15) is 5.56 Å². The van der Waals surface area contributed by atoms with E-state index in [9.17, 15) is 0 Å². The summed E-state index contributed by atoms with van der Waals surface area (Å²) in [5, 5.41) is 5.68. The Kier molecular flexibility index (Phi) is 2.97. The summed E-state index contributed by atoms with van der Waals surface area (Å²) < 4.78 is 1.96. The molecule has 0 atom stereocenters. The van der Waals surface area contributed by atoms with Gasteiger partial charge in [-0.15, -0.1) is 0 Å². The highest BCUT2D eigenvalue weighted by atomic mass is 15.3. The van der Waals surface area contributed by atoms with Crippen LogP contribution in [0.2, 0.25) is 0 Å². The first-order valence-corrected chi connectivity index (χ1v) is 7.28. The van der Waals surface area contributed by atoms with Crippen LogP contribution in [-0.4, -0.2) is 14.8 Å². The van der Waals surface area contributed by atoms with Gasteiger partial charge in [-0.05, 0) is 31.2 Å². The number of hydrogen-bond acceptors (Lipinski definition) is 2. The van der Waals surface area contributed by atoms with E-state index >= 15 is 0 Å². The number of aromatic nitrogens is 3. The van der Waals surface area contributed by atoms with Crippen molar-refractivity contribution in [3.05, 3.63) is 78.6 Å². The Morgan fingerprint density at radius 3 is 2.73 bits per heavy atom. The summed E-state index contributed by atoms with van der Waals surface area (Å²) in [6.07, 6.45) is 3.72. The predicted octanol–water partition coefficient (Wildman–Crippen LogP) is 4.40. The number of hydrogen-bond donors (Lipinski definition) is 0. The first kappa shape index (κ1) is 12.8. The number of para-hydroxylation sites is 1. The molecule has 3 heteroatoms. The van der Waals surface area contributed by atoms with Gasteiger partial charge >= 0.3 is 0 Å². The monoisotopic (exact) mass is 285 g/mol. The van der Waals surface area contributed by atoms with E-state index in [4.69, 9.17) is 0 Å². The Hall–Kier alpha value is -2.94. The number of nitrogens with zero attached hydrogens (tertiary/aromatic N) is 3. The zero-order valence-electron chi connectivity index (χ0n) is 12.3. The van der Waals surface area contributed by atoms with Crippen LogP contribution in [0.5, 0.6) is 0 Å². The van der Waals surface area contributed by atoms with Crippen molar-refractivity contribution >= 4 is 10.9 Å². The molecule has 22 heavy (non-hydrogen) atoms. The van der Waals surface area contributed by atoms with Crippen molar-refractivity contribution in [1.29, 1.82) is 0 Å². The third-order valence-electron chi connectivity index (χ3n) is 3.78. The van der Waals surface area contributed by atoms with Gasteiger partial charge in [0.25, 0.3) is 0 Å². The Morgan fingerprint density at radius 1 is 0.909 bits per heavy atom. The first-order chi connectivity index (χ1) is 10.8. The van der Waals surface area contributed by atoms with Crippen molar-refractivity contribution in [3.63, 3.8) is 0 Å². The average Bonchev–Trinajstić information content (AvgIpc) is 2.99. The summed E-state index contributed by atoms with van der Waals surface area (Å²) in [7, 11) is 0. The van der Waals surface area contributed by atoms with Crippen molar-refractivity contribution < 1.29 is 0 Å². The van der Waals surface area contributed by atoms with E-state index in [0.717, 1.165) is 27.8 Å². The number of benzene rings is 2. The van der Waals surface area contributed by atoms with Gasteiger partial charge in [0.1, 0.15) is 0 Å². The molecule has 0 amide bonds. The second-order valence-electron chi connectivity index (χ2n) is 5.36. The van der Waals surface area contributed by atoms with Crippen LogP contribution in [0.4, 0.5) is 0 Å². The molecular formula is C19H15N3. The zero-order chi connectivity index (χ0) is 14.9. The average molecular weight is 285 g/mol. The molecule has 106 valence electrons. The van der Waals surface area contributed by atoms with E-state index in [1.807, 2.05) is 35.3 Å². The fraction of sp³-hybridized carbons (Fsp3) is 0.0526. The Labute approximate surface area is 128 Å². The minimum absolute atomic E-state index is 0.944. The van der Waals surface area contributed by atoms with E-state index in [1.54, 1.807) is 0 Å². The largest absolute Gasteiger partial charge is 0.254 e. The van der Waals surface area contributed by atoms with Crippen LogP contribution in [0, 0.1) is 6.92 Å². The van der Waals surface area contributed by atoms with Crippen molar-refractivity contribution in [2.75, 3.05) is 0 Å². The molecule has 0 saturated carbocycles. The third kappa shape index (κ3) is 2.07. The van der Waals surface area contributed by atoms with Gasteiger partial charge in [-0.3, -0.25) is 4.98 Å². The molecule has 4 rings (SSSR count). The molecule has 4 aromatic rings. The topological polar surface area (TPSA) is 30.7 Å². The van der Waals surface area contributed by atoms with E-state index < -0.39 is 0 Å². The van der Waals surface area contributed by atoms with E-state index in [-0.39, 0.29) is 0 Å². The molecule has 2 aromatic carbocycles. The molecule has 0 aliphatic rings. The molecule has 0 aliphatic carbocycles. The molecule has 2 aromatic heterocycles. The second-order valence-corrected chi connectivity index (χ2v) is 5.36. The Bertz CT molecular complexity index is 953. The zero-order valence-corrected chi connectivity index (χ0v) is 12.3. The molecule has 3 nitrogen and oxygen atoms in total. The maximum Gasteiger partial charge on any atom is 0.0959 e. The quantitative estimate of drug-likeness (QED) is 0.546. The molecule has 2 heterocycles. The first-order valence-electron chi connectivity index (χ1n) is 7.28. The normalized spacial score (nSPS) is 11.0. The molecule has 0 aliphatic heterocycles. The second kappa shape index (κ2) is 5.11. The number of fused-ring (bicyclic) bond motifs is 1. The number of aryl methyl sites for hydroxylation is 1. The van der Waals surface area contributed by atoms with E-state index in [1.165, 1.54) is 5.56 Å². The van der Waals surface area contributed by atoms with Gasteiger partial charge in [-0.2, -0.15) is 5.10 Å². The smallest absolute Gasteiger partial charge is 0.0959 e. The predicted molar refractivity (Wildman–Crippen MR) is 89.0 cm³/mol. The molecule has 0 N–H and O–H groups in total. The maximum absolute atomic E-state index is 4.59. The summed E-state index contributed by atoms with van der Waals surface area (Å²) in [6.45, 7) is 2.09. The highest BCUT2D eigenvalue weighted by Crippen LogP contribution is 2.27. The van der Waals surface area contributed by atoms with Crippen LogP contribution >= 0.6 is 0 Å². The summed E-state index contributed by atoms with van der Waals surface area (Å²) in [6, 6.07) is 20.6. The summed E-state index contributed by atoms with van der Waals surface area (Å²) in [5.74, 6) is 0. The lowest BCUT2D eigenvalue weighted by atomic mass is 10.1. The minimum atomic E-state index is 0.944. The molecule has 0 spiro atoms. The van der Waals surface area contributed by atoms with Crippen molar-refractivity contribution in [3.8, 4) is 16.9 Å². The van der Waals surface area contributed by atoms with Crippen LogP contribution < -0.4 is 0 Å². The lowest BCUT2D eigenvalue weighted by Crippen LogP contribution is -2.00. The lowest BCUT2D eigenvalue weighted by Gasteiger charge is -2.10. The Balaban J connectivity index is 1.97. The molecule has 0 saturated heterocycles. The summed E-state index contributed by atoms with van der Waals surface area (Å²) in [4.78, 5) is 4.59. The van der Waals surface area contributed by atoms with Gasteiger partial charge in [-0.25, -0.2) is 4.68 Å². The van der Waals surface area contributed by atoms with Gasteiger partial charge in [0, 0.05) is 17.1 Å². The highest BCUT2D eigenvalue weighted by molar-refractivity contribution is 5.82. The highest BCUT2D eigenvalue weighted by Gasteiger charge is 2.11. The summed E-state index contributed by atoms with van der Waals surface area (Å²) in [5.41, 5.74) is 5.35. The lowest BCUT2D eigenvalue weighted by molar-refractivity contribution is 0.906. The maximum atomic E-state index is 4.59. The number of pyridine rings is 1. The van der Waals surface area contributed by atoms with Gasteiger partial charge in [0.15, 0.2) is 0 Å². The Morgan fingerprint density at radius 2 is 1.82 bits per heavy atom. The van der Waals surface area contributed by atoms with Gasteiger partial charge in [-0.1, -0.05) is 42.0 Å². The van der Waals surface area contributed by atoms with Crippen molar-refractivity contribution in [2.24, 2.45) is 0 Å². The fourth-order valence-electron chi connectivity index (χ4n) is 2.75. The molecule has 0 bridgehead atoms. The number of rotatable bonds is 2. The molecule has 0 radical (unpaired) electrons. The van der Waals surface area contributed by atoms with Gasteiger partial charge in [0.2, 0.25) is 0 Å². The SMILES string of the molecule is Cc1cccc(-c2ncccc2-n2ncc3ccccc32)c1. The van der Waals surface area contributed by atoms with Crippen molar-refractivity contribution in [1.82, 2.24) is 14.8 Å². The van der Waals surface area contributed by atoms with Crippen molar-refractivity contribution in [2.45, 2.75) is 6.92 Å². The van der Waals surface area contributed by atoms with E-state index in [2.05, 4.69) is 59.5 Å².